The Bertz CT molecular complexity index is 754. The molecule has 5 heteroatoms. The van der Waals surface area contributed by atoms with Gasteiger partial charge in [0.05, 0.1) is 6.42 Å². The summed E-state index contributed by atoms with van der Waals surface area (Å²) in [6.07, 6.45) is 0.112. The van der Waals surface area contributed by atoms with Crippen molar-refractivity contribution in [3.63, 3.8) is 0 Å². The van der Waals surface area contributed by atoms with Crippen LogP contribution in [0.3, 0.4) is 0 Å². The molecule has 4 nitrogen and oxygen atoms in total. The average Bonchev–Trinajstić information content (AvgIpc) is 2.52. The molecule has 0 saturated heterocycles. The number of nitrogens with one attached hydrogen (secondary N) is 1. The van der Waals surface area contributed by atoms with Gasteiger partial charge >= 0.3 is 0 Å². The van der Waals surface area contributed by atoms with Crippen LogP contribution in [-0.2, 0) is 16.0 Å². The topological polar surface area (TPSA) is 49.4 Å². The summed E-state index contributed by atoms with van der Waals surface area (Å²) >= 11 is 0. The summed E-state index contributed by atoms with van der Waals surface area (Å²) in [6, 6.07) is 11.8. The van der Waals surface area contributed by atoms with Crippen molar-refractivity contribution in [3.05, 3.63) is 65.0 Å². The standard InChI is InChI=1S/C20H23FN2O2/c1-14-6-4-7-15(2)20(14)23(16(3)24)11-10-22-19(25)13-17-8-5-9-18(21)12-17/h4-9,12H,10-11,13H2,1-3H3,(H,22,25). The lowest BCUT2D eigenvalue weighted by atomic mass is 10.1. The Kier molecular flexibility index (Phi) is 6.28. The zero-order valence-electron chi connectivity index (χ0n) is 14.8. The van der Waals surface area contributed by atoms with Gasteiger partial charge < -0.3 is 10.2 Å². The number of aryl methyl sites for hydroxylation is 2. The third-order valence-corrected chi connectivity index (χ3v) is 4.00. The summed E-state index contributed by atoms with van der Waals surface area (Å²) in [7, 11) is 0. The number of carbonyl (C=O) groups is 2. The largest absolute Gasteiger partial charge is 0.354 e. The van der Waals surface area contributed by atoms with Crippen LogP contribution in [-0.4, -0.2) is 24.9 Å². The zero-order chi connectivity index (χ0) is 18.4. The molecule has 2 rings (SSSR count). The van der Waals surface area contributed by atoms with Crippen LogP contribution in [0.2, 0.25) is 0 Å². The second-order valence-corrected chi connectivity index (χ2v) is 6.07. The number of carbonyl (C=O) groups excluding carboxylic acids is 2. The van der Waals surface area contributed by atoms with Crippen molar-refractivity contribution < 1.29 is 14.0 Å². The van der Waals surface area contributed by atoms with Gasteiger partial charge in [-0.1, -0.05) is 30.3 Å². The van der Waals surface area contributed by atoms with Crippen molar-refractivity contribution >= 4 is 17.5 Å². The summed E-state index contributed by atoms with van der Waals surface area (Å²) < 4.78 is 13.2. The van der Waals surface area contributed by atoms with Crippen molar-refractivity contribution in [2.24, 2.45) is 0 Å². The van der Waals surface area contributed by atoms with E-state index >= 15 is 0 Å². The first-order chi connectivity index (χ1) is 11.9. The molecular weight excluding hydrogens is 319 g/mol. The smallest absolute Gasteiger partial charge is 0.224 e. The van der Waals surface area contributed by atoms with Crippen molar-refractivity contribution in [1.29, 1.82) is 0 Å². The lowest BCUT2D eigenvalue weighted by Gasteiger charge is -2.25. The normalized spacial score (nSPS) is 10.4. The summed E-state index contributed by atoms with van der Waals surface area (Å²) in [6.45, 7) is 6.15. The summed E-state index contributed by atoms with van der Waals surface area (Å²) in [4.78, 5) is 25.7. The van der Waals surface area contributed by atoms with Gasteiger partial charge in [0.25, 0.3) is 0 Å². The van der Waals surface area contributed by atoms with E-state index in [1.54, 1.807) is 17.0 Å². The maximum atomic E-state index is 13.2. The van der Waals surface area contributed by atoms with E-state index < -0.39 is 0 Å². The van der Waals surface area contributed by atoms with Crippen LogP contribution >= 0.6 is 0 Å². The van der Waals surface area contributed by atoms with E-state index in [2.05, 4.69) is 5.32 Å². The van der Waals surface area contributed by atoms with Gasteiger partial charge in [-0.25, -0.2) is 4.39 Å². The highest BCUT2D eigenvalue weighted by molar-refractivity contribution is 5.93. The predicted molar refractivity (Wildman–Crippen MR) is 97.1 cm³/mol. The van der Waals surface area contributed by atoms with E-state index in [4.69, 9.17) is 0 Å². The summed E-state index contributed by atoms with van der Waals surface area (Å²) in [5.41, 5.74) is 3.53. The Labute approximate surface area is 147 Å². The van der Waals surface area contributed by atoms with Crippen LogP contribution in [0.1, 0.15) is 23.6 Å². The van der Waals surface area contributed by atoms with E-state index in [1.165, 1.54) is 19.1 Å². The molecule has 0 spiro atoms. The Morgan fingerprint density at radius 1 is 1.08 bits per heavy atom. The number of anilines is 1. The third-order valence-electron chi connectivity index (χ3n) is 4.00. The molecule has 2 aromatic carbocycles. The molecule has 0 fully saturated rings. The molecule has 0 saturated carbocycles. The highest BCUT2D eigenvalue weighted by atomic mass is 19.1. The first kappa shape index (κ1) is 18.6. The van der Waals surface area contributed by atoms with Gasteiger partial charge in [0, 0.05) is 25.7 Å². The first-order valence-electron chi connectivity index (χ1n) is 8.24. The lowest BCUT2D eigenvalue weighted by molar-refractivity contribution is -0.121. The van der Waals surface area contributed by atoms with Crippen molar-refractivity contribution in [2.45, 2.75) is 27.2 Å². The van der Waals surface area contributed by atoms with Gasteiger partial charge in [-0.2, -0.15) is 0 Å². The van der Waals surface area contributed by atoms with E-state index in [9.17, 15) is 14.0 Å². The zero-order valence-corrected chi connectivity index (χ0v) is 14.8. The molecule has 0 atom stereocenters. The predicted octanol–water partition coefficient (Wildman–Crippen LogP) is 3.15. The van der Waals surface area contributed by atoms with Crippen LogP contribution in [0.15, 0.2) is 42.5 Å². The van der Waals surface area contributed by atoms with Crippen LogP contribution < -0.4 is 10.2 Å². The summed E-state index contributed by atoms with van der Waals surface area (Å²) in [5.74, 6) is -0.629. The molecule has 0 bridgehead atoms. The molecule has 0 radical (unpaired) electrons. The molecule has 2 aromatic rings. The Morgan fingerprint density at radius 3 is 2.32 bits per heavy atom. The van der Waals surface area contributed by atoms with E-state index in [-0.39, 0.29) is 24.1 Å². The van der Waals surface area contributed by atoms with Crippen LogP contribution in [0, 0.1) is 19.7 Å². The minimum absolute atomic E-state index is 0.0724. The maximum Gasteiger partial charge on any atom is 0.224 e. The number of para-hydroxylation sites is 1. The lowest BCUT2D eigenvalue weighted by Crippen LogP contribution is -2.38. The van der Waals surface area contributed by atoms with Gasteiger partial charge in [-0.05, 0) is 42.7 Å². The molecule has 0 aromatic heterocycles. The van der Waals surface area contributed by atoms with Gasteiger partial charge in [0.2, 0.25) is 11.8 Å². The quantitative estimate of drug-likeness (QED) is 0.877. The first-order valence-corrected chi connectivity index (χ1v) is 8.24. The molecule has 0 unspecified atom stereocenters. The van der Waals surface area contributed by atoms with Crippen molar-refractivity contribution in [2.75, 3.05) is 18.0 Å². The molecule has 1 N–H and O–H groups in total. The summed E-state index contributed by atoms with van der Waals surface area (Å²) in [5, 5.41) is 2.79. The molecule has 0 aliphatic rings. The average molecular weight is 342 g/mol. The number of rotatable bonds is 6. The van der Waals surface area contributed by atoms with Gasteiger partial charge in [-0.3, -0.25) is 9.59 Å². The van der Waals surface area contributed by atoms with Gasteiger partial charge in [0.1, 0.15) is 5.82 Å². The van der Waals surface area contributed by atoms with Crippen molar-refractivity contribution in [1.82, 2.24) is 5.32 Å². The Balaban J connectivity index is 1.96. The minimum Gasteiger partial charge on any atom is -0.354 e. The van der Waals surface area contributed by atoms with Crippen LogP contribution in [0.4, 0.5) is 10.1 Å². The number of amides is 2. The van der Waals surface area contributed by atoms with Crippen molar-refractivity contribution in [3.8, 4) is 0 Å². The maximum absolute atomic E-state index is 13.2. The fourth-order valence-electron chi connectivity index (χ4n) is 2.86. The number of nitrogens with zero attached hydrogens (tertiary/aromatic N) is 1. The number of hydrogen-bond donors (Lipinski definition) is 1. The van der Waals surface area contributed by atoms with Gasteiger partial charge in [-0.15, -0.1) is 0 Å². The molecule has 25 heavy (non-hydrogen) atoms. The van der Waals surface area contributed by atoms with E-state index in [1.807, 2.05) is 32.0 Å². The molecule has 0 heterocycles. The molecule has 2 amide bonds. The van der Waals surface area contributed by atoms with Gasteiger partial charge in [0.15, 0.2) is 0 Å². The van der Waals surface area contributed by atoms with Crippen LogP contribution in [0.25, 0.3) is 0 Å². The Hall–Kier alpha value is -2.69. The number of hydrogen-bond acceptors (Lipinski definition) is 2. The van der Waals surface area contributed by atoms with Crippen LogP contribution in [0.5, 0.6) is 0 Å². The number of halogens is 1. The SMILES string of the molecule is CC(=O)N(CCNC(=O)Cc1cccc(F)c1)c1c(C)cccc1C. The highest BCUT2D eigenvalue weighted by Gasteiger charge is 2.16. The highest BCUT2D eigenvalue weighted by Crippen LogP contribution is 2.24. The fourth-order valence-corrected chi connectivity index (χ4v) is 2.86. The second kappa shape index (κ2) is 8.42. The molecule has 0 aliphatic heterocycles. The van der Waals surface area contributed by atoms with E-state index in [0.29, 0.717) is 18.7 Å². The molecule has 132 valence electrons. The van der Waals surface area contributed by atoms with E-state index in [0.717, 1.165) is 16.8 Å². The fraction of sp³-hybridized carbons (Fsp3) is 0.300. The monoisotopic (exact) mass is 342 g/mol. The Morgan fingerprint density at radius 2 is 1.72 bits per heavy atom. The second-order valence-electron chi connectivity index (χ2n) is 6.07. The molecule has 0 aliphatic carbocycles. The molecular formula is C20H23FN2O2. The third kappa shape index (κ3) is 5.14. The number of benzene rings is 2. The minimum atomic E-state index is -0.358.